The second-order valence-corrected chi connectivity index (χ2v) is 11.1. The molecule has 1 aromatic rings. The standard InChI is InChI=1S/C30H43F5/c1-2-3-4-5-6-7-8-9-22-10-12-23(13-11-22)14-15-24-16-18-25(19-17-24)26-20-27(31)29(28(32)21-26)30(33,34)35/h4-5,20-25H,2-3,6-19H2,1H3. The summed E-state index contributed by atoms with van der Waals surface area (Å²) in [6.45, 7) is 2.21. The highest BCUT2D eigenvalue weighted by Crippen LogP contribution is 2.42. The van der Waals surface area contributed by atoms with Gasteiger partial charge in [-0.3, -0.25) is 0 Å². The van der Waals surface area contributed by atoms with Gasteiger partial charge in [-0.15, -0.1) is 0 Å². The largest absolute Gasteiger partial charge is 0.422 e. The summed E-state index contributed by atoms with van der Waals surface area (Å²) in [7, 11) is 0. The van der Waals surface area contributed by atoms with Gasteiger partial charge in [-0.1, -0.05) is 76.9 Å². The van der Waals surface area contributed by atoms with E-state index in [0.717, 1.165) is 49.7 Å². The molecule has 0 amide bonds. The minimum Gasteiger partial charge on any atom is -0.206 e. The molecular formula is C30H43F5. The number of alkyl halides is 3. The molecule has 0 saturated heterocycles. The lowest BCUT2D eigenvalue weighted by Crippen LogP contribution is -2.18. The molecule has 198 valence electrons. The minimum absolute atomic E-state index is 0.0462. The van der Waals surface area contributed by atoms with Crippen LogP contribution in [-0.2, 0) is 6.18 Å². The Labute approximate surface area is 208 Å². The molecule has 2 fully saturated rings. The molecule has 2 saturated carbocycles. The number of hydrogen-bond acceptors (Lipinski definition) is 0. The number of hydrogen-bond donors (Lipinski definition) is 0. The molecular weight excluding hydrogens is 455 g/mol. The van der Waals surface area contributed by atoms with Crippen LogP contribution < -0.4 is 0 Å². The van der Waals surface area contributed by atoms with E-state index in [4.69, 9.17) is 0 Å². The SMILES string of the molecule is CCCC=CCCCCC1CCC(CCC2CCC(c3cc(F)c(C(F)(F)F)c(F)c3)CC2)CC1. The number of rotatable bonds is 11. The molecule has 0 N–H and O–H groups in total. The van der Waals surface area contributed by atoms with Gasteiger partial charge in [0.15, 0.2) is 0 Å². The second-order valence-electron chi connectivity index (χ2n) is 11.1. The molecule has 3 rings (SSSR count). The quantitative estimate of drug-likeness (QED) is 0.162. The van der Waals surface area contributed by atoms with Gasteiger partial charge in [0.2, 0.25) is 0 Å². The van der Waals surface area contributed by atoms with Crippen molar-refractivity contribution in [2.24, 2.45) is 17.8 Å². The van der Waals surface area contributed by atoms with Gasteiger partial charge in [-0.2, -0.15) is 13.2 Å². The van der Waals surface area contributed by atoms with E-state index in [1.807, 2.05) is 0 Å². The van der Waals surface area contributed by atoms with E-state index in [0.29, 0.717) is 11.5 Å². The first-order valence-electron chi connectivity index (χ1n) is 14.0. The molecule has 1 aromatic carbocycles. The van der Waals surface area contributed by atoms with Crippen molar-refractivity contribution >= 4 is 0 Å². The van der Waals surface area contributed by atoms with Crippen molar-refractivity contribution in [2.75, 3.05) is 0 Å². The molecule has 0 heterocycles. The highest BCUT2D eigenvalue weighted by Gasteiger charge is 2.38. The Balaban J connectivity index is 1.32. The van der Waals surface area contributed by atoms with E-state index in [-0.39, 0.29) is 5.92 Å². The van der Waals surface area contributed by atoms with Crippen molar-refractivity contribution < 1.29 is 22.0 Å². The fraction of sp³-hybridized carbons (Fsp3) is 0.733. The summed E-state index contributed by atoms with van der Waals surface area (Å²) in [5, 5.41) is 0. The van der Waals surface area contributed by atoms with Crippen LogP contribution in [0.3, 0.4) is 0 Å². The molecule has 0 radical (unpaired) electrons. The van der Waals surface area contributed by atoms with Crippen LogP contribution in [-0.4, -0.2) is 0 Å². The van der Waals surface area contributed by atoms with Crippen LogP contribution in [0.1, 0.15) is 127 Å². The first kappa shape index (κ1) is 28.2. The van der Waals surface area contributed by atoms with Gasteiger partial charge in [0.25, 0.3) is 0 Å². The Morgan fingerprint density at radius 3 is 1.71 bits per heavy atom. The molecule has 0 aromatic heterocycles. The van der Waals surface area contributed by atoms with Crippen molar-refractivity contribution in [3.8, 4) is 0 Å². The Morgan fingerprint density at radius 2 is 1.20 bits per heavy atom. The summed E-state index contributed by atoms with van der Waals surface area (Å²) in [6, 6.07) is 1.80. The first-order chi connectivity index (χ1) is 16.8. The third kappa shape index (κ3) is 8.89. The fourth-order valence-electron chi connectivity index (χ4n) is 6.26. The van der Waals surface area contributed by atoms with E-state index in [2.05, 4.69) is 19.1 Å². The average molecular weight is 499 g/mol. The van der Waals surface area contributed by atoms with Gasteiger partial charge in [-0.05, 0) is 86.3 Å². The van der Waals surface area contributed by atoms with Crippen molar-refractivity contribution in [3.05, 3.63) is 47.0 Å². The number of allylic oxidation sites excluding steroid dienone is 2. The minimum atomic E-state index is -5.00. The Bertz CT molecular complexity index is 757. The molecule has 0 bridgehead atoms. The zero-order valence-corrected chi connectivity index (χ0v) is 21.3. The summed E-state index contributed by atoms with van der Waals surface area (Å²) < 4.78 is 66.4. The van der Waals surface area contributed by atoms with E-state index in [1.165, 1.54) is 77.0 Å². The van der Waals surface area contributed by atoms with Gasteiger partial charge in [0.05, 0.1) is 0 Å². The normalized spacial score (nSPS) is 25.9. The fourth-order valence-corrected chi connectivity index (χ4v) is 6.26. The number of halogens is 5. The van der Waals surface area contributed by atoms with Crippen molar-refractivity contribution in [3.63, 3.8) is 0 Å². The maximum atomic E-state index is 14.0. The van der Waals surface area contributed by atoms with Crippen LogP contribution in [0.25, 0.3) is 0 Å². The lowest BCUT2D eigenvalue weighted by atomic mass is 9.74. The van der Waals surface area contributed by atoms with Crippen LogP contribution in [0.15, 0.2) is 24.3 Å². The molecule has 5 heteroatoms. The van der Waals surface area contributed by atoms with Gasteiger partial charge in [0.1, 0.15) is 17.2 Å². The highest BCUT2D eigenvalue weighted by molar-refractivity contribution is 5.30. The summed E-state index contributed by atoms with van der Waals surface area (Å²) >= 11 is 0. The average Bonchev–Trinajstić information content (AvgIpc) is 2.82. The maximum absolute atomic E-state index is 14.0. The van der Waals surface area contributed by atoms with E-state index >= 15 is 0 Å². The molecule has 2 aliphatic rings. The van der Waals surface area contributed by atoms with Gasteiger partial charge < -0.3 is 0 Å². The van der Waals surface area contributed by atoms with Crippen LogP contribution in [0, 0.1) is 29.4 Å². The predicted molar refractivity (Wildman–Crippen MR) is 133 cm³/mol. The topological polar surface area (TPSA) is 0 Å². The zero-order chi connectivity index (χ0) is 25.3. The molecule has 35 heavy (non-hydrogen) atoms. The molecule has 0 unspecified atom stereocenters. The highest BCUT2D eigenvalue weighted by atomic mass is 19.4. The molecule has 0 atom stereocenters. The van der Waals surface area contributed by atoms with E-state index in [9.17, 15) is 22.0 Å². The molecule has 2 aliphatic carbocycles. The van der Waals surface area contributed by atoms with Crippen LogP contribution >= 0.6 is 0 Å². The maximum Gasteiger partial charge on any atom is 0.422 e. The van der Waals surface area contributed by atoms with Crippen LogP contribution in [0.4, 0.5) is 22.0 Å². The van der Waals surface area contributed by atoms with Crippen molar-refractivity contribution in [1.29, 1.82) is 0 Å². The molecule has 0 aliphatic heterocycles. The zero-order valence-electron chi connectivity index (χ0n) is 21.3. The Kier molecular flexibility index (Phi) is 11.1. The lowest BCUT2D eigenvalue weighted by molar-refractivity contribution is -0.142. The van der Waals surface area contributed by atoms with Gasteiger partial charge in [0, 0.05) is 0 Å². The number of unbranched alkanes of at least 4 members (excludes halogenated alkanes) is 3. The molecule has 0 nitrogen and oxygen atoms in total. The Hall–Kier alpha value is -1.39. The second kappa shape index (κ2) is 13.8. The lowest BCUT2D eigenvalue weighted by Gasteiger charge is -2.32. The van der Waals surface area contributed by atoms with Gasteiger partial charge in [-0.25, -0.2) is 8.78 Å². The Morgan fingerprint density at radius 1 is 0.714 bits per heavy atom. The summed E-state index contributed by atoms with van der Waals surface area (Å²) in [5.41, 5.74) is -1.40. The third-order valence-corrected chi connectivity index (χ3v) is 8.47. The summed E-state index contributed by atoms with van der Waals surface area (Å²) in [4.78, 5) is 0. The predicted octanol–water partition coefficient (Wildman–Crippen LogP) is 10.8. The van der Waals surface area contributed by atoms with E-state index in [1.54, 1.807) is 0 Å². The first-order valence-corrected chi connectivity index (χ1v) is 14.0. The van der Waals surface area contributed by atoms with Crippen molar-refractivity contribution in [1.82, 2.24) is 0 Å². The van der Waals surface area contributed by atoms with Crippen molar-refractivity contribution in [2.45, 2.75) is 122 Å². The van der Waals surface area contributed by atoms with Crippen LogP contribution in [0.2, 0.25) is 0 Å². The number of benzene rings is 1. The smallest absolute Gasteiger partial charge is 0.206 e. The van der Waals surface area contributed by atoms with Gasteiger partial charge >= 0.3 is 6.18 Å². The van der Waals surface area contributed by atoms with E-state index < -0.39 is 23.4 Å². The summed E-state index contributed by atoms with van der Waals surface area (Å²) in [5.74, 6) is -0.656. The summed E-state index contributed by atoms with van der Waals surface area (Å²) in [6.07, 6.45) is 18.9. The monoisotopic (exact) mass is 498 g/mol. The molecule has 0 spiro atoms. The third-order valence-electron chi connectivity index (χ3n) is 8.47. The van der Waals surface area contributed by atoms with Crippen LogP contribution in [0.5, 0.6) is 0 Å².